The molecular weight excluding hydrogens is 252 g/mol. The second-order valence-electron chi connectivity index (χ2n) is 7.04. The molecule has 4 heteroatoms. The largest absolute Gasteiger partial charge is 0.444 e. The third kappa shape index (κ3) is 6.60. The smallest absolute Gasteiger partial charge is 0.410 e. The van der Waals surface area contributed by atoms with Crippen LogP contribution in [0, 0.1) is 5.92 Å². The highest BCUT2D eigenvalue weighted by Crippen LogP contribution is 2.15. The molecule has 1 heterocycles. The van der Waals surface area contributed by atoms with Gasteiger partial charge in [-0.1, -0.05) is 26.7 Å². The second-order valence-corrected chi connectivity index (χ2v) is 7.04. The van der Waals surface area contributed by atoms with Gasteiger partial charge in [-0.2, -0.15) is 0 Å². The van der Waals surface area contributed by atoms with Gasteiger partial charge in [-0.05, 0) is 46.1 Å². The van der Waals surface area contributed by atoms with Gasteiger partial charge in [0.05, 0.1) is 0 Å². The van der Waals surface area contributed by atoms with E-state index in [9.17, 15) is 4.79 Å². The molecule has 118 valence electrons. The summed E-state index contributed by atoms with van der Waals surface area (Å²) in [6, 6.07) is 0.402. The average molecular weight is 284 g/mol. The molecule has 0 bridgehead atoms. The van der Waals surface area contributed by atoms with E-state index in [0.29, 0.717) is 12.0 Å². The minimum absolute atomic E-state index is 0.172. The fourth-order valence-electron chi connectivity index (χ4n) is 2.31. The van der Waals surface area contributed by atoms with Gasteiger partial charge in [0.15, 0.2) is 0 Å². The summed E-state index contributed by atoms with van der Waals surface area (Å²) in [5.74, 6) is 0.688. The Labute approximate surface area is 124 Å². The van der Waals surface area contributed by atoms with Gasteiger partial charge in [-0.25, -0.2) is 4.79 Å². The topological polar surface area (TPSA) is 41.6 Å². The molecule has 2 atom stereocenters. The van der Waals surface area contributed by atoms with Crippen LogP contribution in [0.25, 0.3) is 0 Å². The number of likely N-dealkylation sites (tertiary alicyclic amines) is 1. The summed E-state index contributed by atoms with van der Waals surface area (Å²) in [6.45, 7) is 12.8. The van der Waals surface area contributed by atoms with Crippen molar-refractivity contribution in [3.8, 4) is 0 Å². The molecule has 1 fully saturated rings. The molecule has 0 aromatic carbocycles. The Balaban J connectivity index is 2.49. The maximum atomic E-state index is 12.2. The van der Waals surface area contributed by atoms with Gasteiger partial charge in [0.25, 0.3) is 0 Å². The van der Waals surface area contributed by atoms with Crippen molar-refractivity contribution >= 4 is 6.09 Å². The van der Waals surface area contributed by atoms with E-state index < -0.39 is 5.60 Å². The van der Waals surface area contributed by atoms with E-state index in [1.807, 2.05) is 25.7 Å². The standard InChI is InChI=1S/C16H32N2O2/c1-6-13(2)11-17-14-9-7-8-10-18(12-14)15(19)20-16(3,4)5/h13-14,17H,6-12H2,1-5H3. The molecule has 20 heavy (non-hydrogen) atoms. The lowest BCUT2D eigenvalue weighted by atomic mass is 10.1. The number of nitrogens with zero attached hydrogens (tertiary/aromatic N) is 1. The number of hydrogen-bond donors (Lipinski definition) is 1. The van der Waals surface area contributed by atoms with Crippen LogP contribution < -0.4 is 5.32 Å². The van der Waals surface area contributed by atoms with Crippen LogP contribution in [0.5, 0.6) is 0 Å². The van der Waals surface area contributed by atoms with Crippen molar-refractivity contribution in [3.05, 3.63) is 0 Å². The van der Waals surface area contributed by atoms with Gasteiger partial charge in [0, 0.05) is 19.1 Å². The highest BCUT2D eigenvalue weighted by molar-refractivity contribution is 5.68. The molecule has 0 aromatic rings. The predicted molar refractivity (Wildman–Crippen MR) is 82.9 cm³/mol. The van der Waals surface area contributed by atoms with E-state index in [1.165, 1.54) is 12.8 Å². The highest BCUT2D eigenvalue weighted by Gasteiger charge is 2.26. The van der Waals surface area contributed by atoms with Gasteiger partial charge >= 0.3 is 6.09 Å². The average Bonchev–Trinajstić information content (AvgIpc) is 2.59. The summed E-state index contributed by atoms with van der Waals surface area (Å²) < 4.78 is 5.49. The molecule has 1 saturated heterocycles. The fraction of sp³-hybridized carbons (Fsp3) is 0.938. The third-order valence-corrected chi connectivity index (χ3v) is 3.77. The van der Waals surface area contributed by atoms with E-state index in [4.69, 9.17) is 4.74 Å². The van der Waals surface area contributed by atoms with Crippen LogP contribution in [0.3, 0.4) is 0 Å². The lowest BCUT2D eigenvalue weighted by Gasteiger charge is -2.29. The molecule has 4 nitrogen and oxygen atoms in total. The summed E-state index contributed by atoms with van der Waals surface area (Å²) in [5.41, 5.74) is -0.414. The Morgan fingerprint density at radius 3 is 2.70 bits per heavy atom. The number of carbonyl (C=O) groups is 1. The van der Waals surface area contributed by atoms with Crippen molar-refractivity contribution in [2.45, 2.75) is 71.9 Å². The molecule has 0 spiro atoms. The molecule has 0 aromatic heterocycles. The summed E-state index contributed by atoms with van der Waals surface area (Å²) in [6.07, 6.45) is 4.42. The number of rotatable bonds is 4. The van der Waals surface area contributed by atoms with Crippen LogP contribution in [0.2, 0.25) is 0 Å². The minimum Gasteiger partial charge on any atom is -0.444 e. The van der Waals surface area contributed by atoms with Crippen molar-refractivity contribution in [2.75, 3.05) is 19.6 Å². The van der Waals surface area contributed by atoms with Crippen LogP contribution in [0.1, 0.15) is 60.3 Å². The van der Waals surface area contributed by atoms with Crippen LogP contribution in [0.4, 0.5) is 4.79 Å². The minimum atomic E-state index is -0.414. The summed E-state index contributed by atoms with van der Waals surface area (Å²) in [4.78, 5) is 14.0. The Hall–Kier alpha value is -0.770. The fourth-order valence-corrected chi connectivity index (χ4v) is 2.31. The lowest BCUT2D eigenvalue weighted by molar-refractivity contribution is 0.0243. The van der Waals surface area contributed by atoms with E-state index in [2.05, 4.69) is 19.2 Å². The zero-order valence-electron chi connectivity index (χ0n) is 13.9. The van der Waals surface area contributed by atoms with Crippen molar-refractivity contribution in [1.29, 1.82) is 0 Å². The molecule has 1 amide bonds. The van der Waals surface area contributed by atoms with Crippen LogP contribution in [-0.4, -0.2) is 42.3 Å². The Kier molecular flexibility index (Phi) is 6.80. The quantitative estimate of drug-likeness (QED) is 0.860. The first-order valence-corrected chi connectivity index (χ1v) is 8.03. The lowest BCUT2D eigenvalue weighted by Crippen LogP contribution is -2.45. The maximum absolute atomic E-state index is 12.2. The highest BCUT2D eigenvalue weighted by atomic mass is 16.6. The van der Waals surface area contributed by atoms with Crippen molar-refractivity contribution < 1.29 is 9.53 Å². The van der Waals surface area contributed by atoms with E-state index in [0.717, 1.165) is 32.5 Å². The zero-order chi connectivity index (χ0) is 15.2. The summed E-state index contributed by atoms with van der Waals surface area (Å²) in [7, 11) is 0. The molecular formula is C16H32N2O2. The normalized spacial score (nSPS) is 22.2. The van der Waals surface area contributed by atoms with Crippen LogP contribution in [0.15, 0.2) is 0 Å². The monoisotopic (exact) mass is 284 g/mol. The van der Waals surface area contributed by atoms with Crippen molar-refractivity contribution in [3.63, 3.8) is 0 Å². The first-order valence-electron chi connectivity index (χ1n) is 8.03. The molecule has 0 radical (unpaired) electrons. The van der Waals surface area contributed by atoms with Gasteiger partial charge in [0.1, 0.15) is 5.60 Å². The molecule has 0 aliphatic carbocycles. The van der Waals surface area contributed by atoms with E-state index in [-0.39, 0.29) is 6.09 Å². The maximum Gasteiger partial charge on any atom is 0.410 e. The zero-order valence-corrected chi connectivity index (χ0v) is 13.9. The number of nitrogens with one attached hydrogen (secondary N) is 1. The van der Waals surface area contributed by atoms with E-state index in [1.54, 1.807) is 0 Å². The predicted octanol–water partition coefficient (Wildman–Crippen LogP) is 3.41. The molecule has 0 saturated carbocycles. The number of carbonyl (C=O) groups excluding carboxylic acids is 1. The number of amides is 1. The Bertz CT molecular complexity index is 299. The van der Waals surface area contributed by atoms with Gasteiger partial charge in [-0.3, -0.25) is 0 Å². The van der Waals surface area contributed by atoms with Crippen LogP contribution >= 0.6 is 0 Å². The second kappa shape index (κ2) is 7.87. The van der Waals surface area contributed by atoms with Gasteiger partial charge in [0.2, 0.25) is 0 Å². The van der Waals surface area contributed by atoms with E-state index >= 15 is 0 Å². The van der Waals surface area contributed by atoms with Crippen LogP contribution in [-0.2, 0) is 4.74 Å². The SMILES string of the molecule is CCC(C)CNC1CCCCN(C(=O)OC(C)(C)C)C1. The molecule has 1 rings (SSSR count). The first-order chi connectivity index (χ1) is 9.31. The third-order valence-electron chi connectivity index (χ3n) is 3.77. The van der Waals surface area contributed by atoms with Crippen molar-refractivity contribution in [2.24, 2.45) is 5.92 Å². The summed E-state index contributed by atoms with van der Waals surface area (Å²) >= 11 is 0. The Morgan fingerprint density at radius 1 is 1.40 bits per heavy atom. The molecule has 1 aliphatic heterocycles. The van der Waals surface area contributed by atoms with Gasteiger partial charge < -0.3 is 15.0 Å². The van der Waals surface area contributed by atoms with Gasteiger partial charge in [-0.15, -0.1) is 0 Å². The Morgan fingerprint density at radius 2 is 2.10 bits per heavy atom. The number of ether oxygens (including phenoxy) is 1. The molecule has 2 unspecified atom stereocenters. The molecule has 1 N–H and O–H groups in total. The summed E-state index contributed by atoms with van der Waals surface area (Å²) in [5, 5.41) is 3.61. The molecule has 1 aliphatic rings. The van der Waals surface area contributed by atoms with Crippen molar-refractivity contribution in [1.82, 2.24) is 10.2 Å². The number of hydrogen-bond acceptors (Lipinski definition) is 3. The first kappa shape index (κ1) is 17.3.